The molecular weight excluding hydrogens is 380 g/mol. The summed E-state index contributed by atoms with van der Waals surface area (Å²) in [5.41, 5.74) is 1.37. The van der Waals surface area contributed by atoms with Crippen molar-refractivity contribution in [2.24, 2.45) is 29.1 Å². The molecule has 1 aromatic heterocycles. The van der Waals surface area contributed by atoms with Crippen molar-refractivity contribution in [1.82, 2.24) is 15.3 Å². The van der Waals surface area contributed by atoms with Crippen LogP contribution >= 0.6 is 0 Å². The molecule has 160 valence electrons. The first kappa shape index (κ1) is 19.4. The highest BCUT2D eigenvalue weighted by Gasteiger charge is 2.55. The molecule has 1 aromatic carbocycles. The predicted octanol–water partition coefficient (Wildman–Crippen LogP) is 3.15. The molecule has 4 aliphatic carbocycles. The Morgan fingerprint density at radius 1 is 1.00 bits per heavy atom. The minimum Gasteiger partial charge on any atom is -0.344 e. The molecule has 6 rings (SSSR count). The van der Waals surface area contributed by atoms with Crippen molar-refractivity contribution in [2.75, 3.05) is 5.32 Å². The number of amides is 2. The first-order valence-corrected chi connectivity index (χ1v) is 11.2. The van der Waals surface area contributed by atoms with Gasteiger partial charge in [-0.05, 0) is 80.4 Å². The number of hydrogen-bond donors (Lipinski definition) is 4. The van der Waals surface area contributed by atoms with Gasteiger partial charge in [0.15, 0.2) is 0 Å². The Bertz CT molecular complexity index is 1010. The van der Waals surface area contributed by atoms with Crippen LogP contribution in [0.15, 0.2) is 23.0 Å². The minimum absolute atomic E-state index is 0.0290. The van der Waals surface area contributed by atoms with E-state index in [9.17, 15) is 14.4 Å². The van der Waals surface area contributed by atoms with Crippen LogP contribution in [0.3, 0.4) is 0 Å². The fourth-order valence-electron chi connectivity index (χ4n) is 6.55. The van der Waals surface area contributed by atoms with Crippen molar-refractivity contribution < 1.29 is 9.59 Å². The Hall–Kier alpha value is -2.57. The third kappa shape index (κ3) is 3.34. The molecule has 4 bridgehead atoms. The summed E-state index contributed by atoms with van der Waals surface area (Å²) in [7, 11) is 0. The van der Waals surface area contributed by atoms with Crippen molar-refractivity contribution >= 4 is 28.5 Å². The van der Waals surface area contributed by atoms with E-state index in [4.69, 9.17) is 0 Å². The highest BCUT2D eigenvalue weighted by Crippen LogP contribution is 2.60. The van der Waals surface area contributed by atoms with Gasteiger partial charge in [0, 0.05) is 11.1 Å². The van der Waals surface area contributed by atoms with Gasteiger partial charge < -0.3 is 20.6 Å². The zero-order chi connectivity index (χ0) is 21.0. The van der Waals surface area contributed by atoms with E-state index < -0.39 is 6.04 Å². The van der Waals surface area contributed by atoms with E-state index in [1.807, 2.05) is 13.8 Å². The number of fused-ring (bicyclic) bond motifs is 1. The lowest BCUT2D eigenvalue weighted by Gasteiger charge is -2.55. The molecular formula is C23H30N4O3. The van der Waals surface area contributed by atoms with Crippen molar-refractivity contribution in [3.63, 3.8) is 0 Å². The molecule has 0 spiro atoms. The lowest BCUT2D eigenvalue weighted by Crippen LogP contribution is -2.57. The summed E-state index contributed by atoms with van der Waals surface area (Å²) < 4.78 is 0. The van der Waals surface area contributed by atoms with Crippen LogP contribution < -0.4 is 16.3 Å². The van der Waals surface area contributed by atoms with Crippen LogP contribution in [0, 0.1) is 29.1 Å². The van der Waals surface area contributed by atoms with Gasteiger partial charge in [-0.25, -0.2) is 4.79 Å². The zero-order valence-electron chi connectivity index (χ0n) is 17.6. The topological polar surface area (TPSA) is 107 Å². The second kappa shape index (κ2) is 7.00. The highest BCUT2D eigenvalue weighted by atomic mass is 16.2. The van der Waals surface area contributed by atoms with Gasteiger partial charge in [-0.1, -0.05) is 13.8 Å². The van der Waals surface area contributed by atoms with Gasteiger partial charge in [-0.3, -0.25) is 9.59 Å². The highest BCUT2D eigenvalue weighted by molar-refractivity contribution is 5.99. The summed E-state index contributed by atoms with van der Waals surface area (Å²) in [6.45, 7) is 3.91. The zero-order valence-corrected chi connectivity index (χ0v) is 17.6. The number of carbonyl (C=O) groups excluding carboxylic acids is 2. The molecule has 7 heteroatoms. The third-order valence-corrected chi connectivity index (χ3v) is 7.54. The second-order valence-electron chi connectivity index (χ2n) is 10.2. The molecule has 1 atom stereocenters. The van der Waals surface area contributed by atoms with Gasteiger partial charge in [0.2, 0.25) is 11.8 Å². The van der Waals surface area contributed by atoms with Crippen molar-refractivity contribution in [1.29, 1.82) is 0 Å². The molecule has 4 N–H and O–H groups in total. The van der Waals surface area contributed by atoms with Crippen LogP contribution in [0.2, 0.25) is 0 Å². The van der Waals surface area contributed by atoms with Crippen LogP contribution in [0.1, 0.15) is 52.4 Å². The van der Waals surface area contributed by atoms with Crippen LogP contribution in [0.4, 0.5) is 5.69 Å². The first-order chi connectivity index (χ1) is 14.3. The number of aromatic nitrogens is 2. The number of rotatable bonds is 5. The van der Waals surface area contributed by atoms with Gasteiger partial charge in [0.1, 0.15) is 6.04 Å². The monoisotopic (exact) mass is 410 g/mol. The molecule has 4 fully saturated rings. The molecule has 1 unspecified atom stereocenters. The second-order valence-corrected chi connectivity index (χ2v) is 10.2. The van der Waals surface area contributed by atoms with Gasteiger partial charge in [-0.2, -0.15) is 0 Å². The maximum atomic E-state index is 13.4. The summed E-state index contributed by atoms with van der Waals surface area (Å²) in [6, 6.07) is 4.64. The molecule has 0 radical (unpaired) electrons. The van der Waals surface area contributed by atoms with Crippen LogP contribution in [0.5, 0.6) is 0 Å². The Kier molecular flexibility index (Phi) is 4.52. The Morgan fingerprint density at radius 3 is 2.20 bits per heavy atom. The summed E-state index contributed by atoms with van der Waals surface area (Å²) in [5, 5.41) is 6.03. The molecule has 7 nitrogen and oxygen atoms in total. The van der Waals surface area contributed by atoms with Gasteiger partial charge in [0.05, 0.1) is 11.0 Å². The number of carbonyl (C=O) groups is 2. The lowest BCUT2D eigenvalue weighted by atomic mass is 9.49. The first-order valence-electron chi connectivity index (χ1n) is 11.2. The van der Waals surface area contributed by atoms with Crippen molar-refractivity contribution in [3.8, 4) is 0 Å². The largest absolute Gasteiger partial charge is 0.344 e. The molecule has 4 saturated carbocycles. The van der Waals surface area contributed by atoms with Gasteiger partial charge in [0.25, 0.3) is 0 Å². The van der Waals surface area contributed by atoms with E-state index in [2.05, 4.69) is 20.6 Å². The number of anilines is 1. The summed E-state index contributed by atoms with van der Waals surface area (Å²) in [5.74, 6) is 1.87. The Morgan fingerprint density at radius 2 is 1.60 bits per heavy atom. The van der Waals surface area contributed by atoms with Gasteiger partial charge >= 0.3 is 5.69 Å². The maximum absolute atomic E-state index is 13.4. The van der Waals surface area contributed by atoms with Gasteiger partial charge in [-0.15, -0.1) is 0 Å². The number of benzene rings is 1. The summed E-state index contributed by atoms with van der Waals surface area (Å²) in [6.07, 6.45) is 6.79. The van der Waals surface area contributed by atoms with E-state index >= 15 is 0 Å². The fourth-order valence-corrected chi connectivity index (χ4v) is 6.55. The third-order valence-electron chi connectivity index (χ3n) is 7.54. The van der Waals surface area contributed by atoms with Crippen molar-refractivity contribution in [3.05, 3.63) is 28.7 Å². The average molecular weight is 411 g/mol. The van der Waals surface area contributed by atoms with E-state index in [0.717, 1.165) is 19.3 Å². The normalized spacial score (nSPS) is 30.6. The minimum atomic E-state index is -0.591. The number of nitrogens with one attached hydrogen (secondary N) is 4. The molecule has 1 heterocycles. The van der Waals surface area contributed by atoms with Crippen LogP contribution in [-0.2, 0) is 9.59 Å². The number of imidazole rings is 1. The standard InChI is InChI=1S/C23H30N4O3/c1-12(2)19(20(28)24-16-3-4-17-18(8-16)26-22(30)25-17)27-21(29)23-9-13-5-14(10-23)7-15(6-13)11-23/h3-4,8,12-15,19H,5-7,9-11H2,1-2H3,(H,24,28)(H,27,29)(H2,25,26,30). The van der Waals surface area contributed by atoms with E-state index in [1.165, 1.54) is 19.3 Å². The fraction of sp³-hybridized carbons (Fsp3) is 0.609. The van der Waals surface area contributed by atoms with E-state index in [-0.39, 0.29) is 28.8 Å². The number of aromatic amines is 2. The molecule has 0 aliphatic heterocycles. The van der Waals surface area contributed by atoms with Crippen molar-refractivity contribution in [2.45, 2.75) is 58.4 Å². The molecule has 2 amide bonds. The Labute approximate surface area is 175 Å². The lowest BCUT2D eigenvalue weighted by molar-refractivity contribution is -0.148. The predicted molar refractivity (Wildman–Crippen MR) is 115 cm³/mol. The summed E-state index contributed by atoms with van der Waals surface area (Å²) >= 11 is 0. The SMILES string of the molecule is CC(C)C(NC(=O)C12CC3CC(CC(C3)C1)C2)C(=O)Nc1ccc2[nH]c(=O)[nH]c2c1. The quantitative estimate of drug-likeness (QED) is 0.608. The van der Waals surface area contributed by atoms with Crippen LogP contribution in [-0.4, -0.2) is 27.8 Å². The number of H-pyrrole nitrogens is 2. The smallest absolute Gasteiger partial charge is 0.323 e. The van der Waals surface area contributed by atoms with E-state index in [0.29, 0.717) is 34.5 Å². The Balaban J connectivity index is 1.31. The van der Waals surface area contributed by atoms with Crippen LogP contribution in [0.25, 0.3) is 11.0 Å². The molecule has 2 aromatic rings. The average Bonchev–Trinajstić information content (AvgIpc) is 3.03. The number of hydrogen-bond acceptors (Lipinski definition) is 3. The molecule has 30 heavy (non-hydrogen) atoms. The molecule has 4 aliphatic rings. The molecule has 0 saturated heterocycles. The van der Waals surface area contributed by atoms with E-state index in [1.54, 1.807) is 18.2 Å². The maximum Gasteiger partial charge on any atom is 0.323 e. The summed E-state index contributed by atoms with van der Waals surface area (Å²) in [4.78, 5) is 43.3.